The molecule has 0 N–H and O–H groups in total. The van der Waals surface area contributed by atoms with E-state index in [-0.39, 0.29) is 6.04 Å². The number of anilines is 1. The van der Waals surface area contributed by atoms with Gasteiger partial charge in [0.15, 0.2) is 0 Å². The summed E-state index contributed by atoms with van der Waals surface area (Å²) in [6.45, 7) is 4.11. The monoisotopic (exact) mass is 263 g/mol. The van der Waals surface area contributed by atoms with Crippen molar-refractivity contribution in [1.29, 1.82) is 0 Å². The molecule has 0 bridgehead atoms. The average Bonchev–Trinajstić information content (AvgIpc) is 2.47. The van der Waals surface area contributed by atoms with Crippen molar-refractivity contribution >= 4 is 18.0 Å². The molecule has 1 heterocycles. The molecular weight excluding hydrogens is 246 g/mol. The normalized spacial score (nSPS) is 17.4. The molecule has 2 nitrogen and oxygen atoms in total. The second-order valence-electron chi connectivity index (χ2n) is 5.20. The van der Waals surface area contributed by atoms with Crippen LogP contribution in [0.5, 0.6) is 0 Å². The summed E-state index contributed by atoms with van der Waals surface area (Å²) in [5.41, 5.74) is 5.55. The molecule has 0 saturated heterocycles. The quantitative estimate of drug-likeness (QED) is 0.760. The van der Waals surface area contributed by atoms with Crippen LogP contribution in [0.3, 0.4) is 0 Å². The number of fused-ring (bicyclic) bond motifs is 1. The van der Waals surface area contributed by atoms with Crippen molar-refractivity contribution < 1.29 is 4.79 Å². The molecule has 2 aromatic rings. The molecule has 20 heavy (non-hydrogen) atoms. The van der Waals surface area contributed by atoms with Crippen LogP contribution < -0.4 is 4.90 Å². The standard InChI is InChI=1S/C18H17NO/c1-13-7-9-16(10-8-13)19-14(2)11-15-5-3-4-6-17(15)18(19)12-20/h3-12,18H,1-2H3. The highest BCUT2D eigenvalue weighted by atomic mass is 16.1. The Kier molecular flexibility index (Phi) is 3.15. The van der Waals surface area contributed by atoms with Crippen molar-refractivity contribution in [1.82, 2.24) is 0 Å². The van der Waals surface area contributed by atoms with Gasteiger partial charge in [0.25, 0.3) is 0 Å². The Bertz CT molecular complexity index is 670. The fourth-order valence-electron chi connectivity index (χ4n) is 2.77. The summed E-state index contributed by atoms with van der Waals surface area (Å²) >= 11 is 0. The minimum atomic E-state index is -0.251. The maximum absolute atomic E-state index is 11.6. The van der Waals surface area contributed by atoms with Gasteiger partial charge in [0, 0.05) is 11.4 Å². The van der Waals surface area contributed by atoms with Crippen LogP contribution in [0.1, 0.15) is 29.7 Å². The Hall–Kier alpha value is -2.35. The van der Waals surface area contributed by atoms with Crippen molar-refractivity contribution in [2.75, 3.05) is 4.90 Å². The molecule has 0 radical (unpaired) electrons. The van der Waals surface area contributed by atoms with Crippen LogP contribution >= 0.6 is 0 Å². The zero-order valence-corrected chi connectivity index (χ0v) is 11.7. The molecule has 0 aromatic heterocycles. The second kappa shape index (κ2) is 4.97. The van der Waals surface area contributed by atoms with Crippen molar-refractivity contribution in [2.24, 2.45) is 0 Å². The van der Waals surface area contributed by atoms with Crippen LogP contribution in [-0.4, -0.2) is 6.29 Å². The van der Waals surface area contributed by atoms with Crippen LogP contribution in [0.4, 0.5) is 5.69 Å². The maximum atomic E-state index is 11.6. The fourth-order valence-corrected chi connectivity index (χ4v) is 2.77. The summed E-state index contributed by atoms with van der Waals surface area (Å²) in [6.07, 6.45) is 3.16. The maximum Gasteiger partial charge on any atom is 0.147 e. The van der Waals surface area contributed by atoms with E-state index >= 15 is 0 Å². The van der Waals surface area contributed by atoms with E-state index in [9.17, 15) is 4.79 Å². The molecule has 0 amide bonds. The van der Waals surface area contributed by atoms with Gasteiger partial charge in [-0.2, -0.15) is 0 Å². The molecule has 1 aliphatic heterocycles. The van der Waals surface area contributed by atoms with Crippen LogP contribution in [-0.2, 0) is 4.79 Å². The number of hydrogen-bond acceptors (Lipinski definition) is 2. The van der Waals surface area contributed by atoms with Gasteiger partial charge >= 0.3 is 0 Å². The van der Waals surface area contributed by atoms with E-state index in [4.69, 9.17) is 0 Å². The molecule has 3 rings (SSSR count). The summed E-state index contributed by atoms with van der Waals surface area (Å²) in [4.78, 5) is 13.7. The molecule has 2 aromatic carbocycles. The van der Waals surface area contributed by atoms with Gasteiger partial charge in [0.1, 0.15) is 12.3 Å². The van der Waals surface area contributed by atoms with Crippen molar-refractivity contribution in [3.05, 3.63) is 70.9 Å². The molecule has 1 aliphatic rings. The number of carbonyl (C=O) groups is 1. The molecular formula is C18H17NO. The van der Waals surface area contributed by atoms with Gasteiger partial charge < -0.3 is 9.69 Å². The Morgan fingerprint density at radius 3 is 2.40 bits per heavy atom. The third-order valence-electron chi connectivity index (χ3n) is 3.78. The highest BCUT2D eigenvalue weighted by Gasteiger charge is 2.27. The minimum absolute atomic E-state index is 0.251. The topological polar surface area (TPSA) is 20.3 Å². The number of allylic oxidation sites excluding steroid dienone is 1. The summed E-state index contributed by atoms with van der Waals surface area (Å²) < 4.78 is 0. The van der Waals surface area contributed by atoms with Crippen molar-refractivity contribution in [3.63, 3.8) is 0 Å². The number of nitrogens with zero attached hydrogens (tertiary/aromatic N) is 1. The lowest BCUT2D eigenvalue weighted by Gasteiger charge is -2.35. The molecule has 0 saturated carbocycles. The molecule has 100 valence electrons. The van der Waals surface area contributed by atoms with E-state index in [1.54, 1.807) is 0 Å². The first-order valence-corrected chi connectivity index (χ1v) is 6.79. The number of carbonyl (C=O) groups excluding carboxylic acids is 1. The SMILES string of the molecule is CC1=Cc2ccccc2C(C=O)N1c1ccc(C)cc1. The second-order valence-corrected chi connectivity index (χ2v) is 5.20. The predicted molar refractivity (Wildman–Crippen MR) is 82.6 cm³/mol. The van der Waals surface area contributed by atoms with Gasteiger partial charge in [0.05, 0.1) is 0 Å². The third-order valence-corrected chi connectivity index (χ3v) is 3.78. The average molecular weight is 263 g/mol. The van der Waals surface area contributed by atoms with E-state index in [1.165, 1.54) is 5.56 Å². The highest BCUT2D eigenvalue weighted by molar-refractivity contribution is 5.79. The summed E-state index contributed by atoms with van der Waals surface area (Å²) in [6, 6.07) is 16.1. The molecule has 1 unspecified atom stereocenters. The Morgan fingerprint density at radius 2 is 1.70 bits per heavy atom. The van der Waals surface area contributed by atoms with E-state index in [1.807, 2.05) is 25.1 Å². The van der Waals surface area contributed by atoms with E-state index in [0.717, 1.165) is 28.8 Å². The lowest BCUT2D eigenvalue weighted by Crippen LogP contribution is -2.31. The van der Waals surface area contributed by atoms with Crippen LogP contribution in [0.15, 0.2) is 54.2 Å². The molecule has 0 fully saturated rings. The lowest BCUT2D eigenvalue weighted by atomic mass is 9.94. The number of rotatable bonds is 2. The highest BCUT2D eigenvalue weighted by Crippen LogP contribution is 2.36. The Labute approximate surface area is 119 Å². The molecule has 2 heteroatoms. The smallest absolute Gasteiger partial charge is 0.147 e. The Balaban J connectivity index is 2.12. The van der Waals surface area contributed by atoms with Crippen LogP contribution in [0.2, 0.25) is 0 Å². The summed E-state index contributed by atoms with van der Waals surface area (Å²) in [5, 5.41) is 0. The van der Waals surface area contributed by atoms with Gasteiger partial charge in [0.2, 0.25) is 0 Å². The van der Waals surface area contributed by atoms with Crippen LogP contribution in [0.25, 0.3) is 6.08 Å². The molecule has 0 aliphatic carbocycles. The van der Waals surface area contributed by atoms with E-state index in [2.05, 4.69) is 48.2 Å². The number of aryl methyl sites for hydroxylation is 1. The van der Waals surface area contributed by atoms with Gasteiger partial charge in [-0.05, 0) is 43.2 Å². The first-order valence-electron chi connectivity index (χ1n) is 6.79. The predicted octanol–water partition coefficient (Wildman–Crippen LogP) is 4.12. The third kappa shape index (κ3) is 2.03. The van der Waals surface area contributed by atoms with E-state index < -0.39 is 0 Å². The number of hydrogen-bond donors (Lipinski definition) is 0. The van der Waals surface area contributed by atoms with Gasteiger partial charge in [-0.1, -0.05) is 42.0 Å². The molecule has 0 spiro atoms. The number of benzene rings is 2. The van der Waals surface area contributed by atoms with Gasteiger partial charge in [-0.3, -0.25) is 0 Å². The largest absolute Gasteiger partial charge is 0.331 e. The van der Waals surface area contributed by atoms with Crippen molar-refractivity contribution in [3.8, 4) is 0 Å². The van der Waals surface area contributed by atoms with E-state index in [0.29, 0.717) is 0 Å². The fraction of sp³-hybridized carbons (Fsp3) is 0.167. The number of aldehydes is 1. The van der Waals surface area contributed by atoms with Gasteiger partial charge in [-0.25, -0.2) is 0 Å². The zero-order chi connectivity index (χ0) is 14.1. The van der Waals surface area contributed by atoms with Crippen molar-refractivity contribution in [2.45, 2.75) is 19.9 Å². The summed E-state index contributed by atoms with van der Waals surface area (Å²) in [5.74, 6) is 0. The summed E-state index contributed by atoms with van der Waals surface area (Å²) in [7, 11) is 0. The zero-order valence-electron chi connectivity index (χ0n) is 11.7. The first kappa shape index (κ1) is 12.7. The van der Waals surface area contributed by atoms with Crippen LogP contribution in [0, 0.1) is 6.92 Å². The minimum Gasteiger partial charge on any atom is -0.331 e. The lowest BCUT2D eigenvalue weighted by molar-refractivity contribution is -0.109. The van der Waals surface area contributed by atoms with Gasteiger partial charge in [-0.15, -0.1) is 0 Å². The Morgan fingerprint density at radius 1 is 1.00 bits per heavy atom. The molecule has 1 atom stereocenters. The first-order chi connectivity index (χ1) is 9.70.